The first-order valence-electron chi connectivity index (χ1n) is 9.04. The Labute approximate surface area is 173 Å². The largest absolute Gasteiger partial charge is 0.496 e. The molecule has 0 atom stereocenters. The molecule has 0 aromatic heterocycles. The molecule has 0 aliphatic carbocycles. The molecule has 28 heavy (non-hydrogen) atoms. The molecule has 0 unspecified atom stereocenters. The van der Waals surface area contributed by atoms with Gasteiger partial charge >= 0.3 is 5.97 Å². The maximum Gasteiger partial charge on any atom is 0.303 e. The minimum absolute atomic E-state index is 0.108. The molecule has 0 radical (unpaired) electrons. The van der Waals surface area contributed by atoms with Gasteiger partial charge in [0.1, 0.15) is 10.1 Å². The molecule has 0 spiro atoms. The van der Waals surface area contributed by atoms with Crippen molar-refractivity contribution in [2.75, 3.05) is 13.7 Å². The Kier molecular flexibility index (Phi) is 6.70. The summed E-state index contributed by atoms with van der Waals surface area (Å²) < 4.78 is 6.04. The monoisotopic (exact) mass is 415 g/mol. The van der Waals surface area contributed by atoms with Crippen LogP contribution in [0.25, 0.3) is 16.8 Å². The Hall–Kier alpha value is -2.38. The lowest BCUT2D eigenvalue weighted by Gasteiger charge is -2.14. The third-order valence-electron chi connectivity index (χ3n) is 4.57. The van der Waals surface area contributed by atoms with Gasteiger partial charge in [-0.05, 0) is 35.8 Å². The molecule has 3 rings (SSSR count). The van der Waals surface area contributed by atoms with Crippen molar-refractivity contribution >= 4 is 57.0 Å². The molecule has 2 aromatic carbocycles. The summed E-state index contributed by atoms with van der Waals surface area (Å²) in [5, 5.41) is 10.8. The first-order valence-corrected chi connectivity index (χ1v) is 10.3. The number of rotatable bonds is 8. The SMILES string of the molecule is COc1ccc2ccccc2c1/C=C1\SC(=S)N(CCCCCC(=O)O)C1=O. The molecular weight excluding hydrogens is 394 g/mol. The number of carboxylic acid groups (broad SMARTS) is 1. The van der Waals surface area contributed by atoms with Crippen molar-refractivity contribution in [2.45, 2.75) is 25.7 Å². The van der Waals surface area contributed by atoms with Gasteiger partial charge in [-0.25, -0.2) is 0 Å². The Bertz CT molecular complexity index is 955. The van der Waals surface area contributed by atoms with Crippen LogP contribution in [0.4, 0.5) is 0 Å². The molecule has 2 aromatic rings. The lowest BCUT2D eigenvalue weighted by molar-refractivity contribution is -0.137. The van der Waals surface area contributed by atoms with Crippen LogP contribution in [-0.2, 0) is 9.59 Å². The summed E-state index contributed by atoms with van der Waals surface area (Å²) in [4.78, 5) is 25.6. The van der Waals surface area contributed by atoms with Crippen LogP contribution in [0.5, 0.6) is 5.75 Å². The fourth-order valence-electron chi connectivity index (χ4n) is 3.15. The van der Waals surface area contributed by atoms with E-state index in [1.54, 1.807) is 12.0 Å². The first-order chi connectivity index (χ1) is 13.5. The summed E-state index contributed by atoms with van der Waals surface area (Å²) in [6, 6.07) is 11.9. The lowest BCUT2D eigenvalue weighted by Crippen LogP contribution is -2.29. The lowest BCUT2D eigenvalue weighted by atomic mass is 10.0. The number of carboxylic acids is 1. The predicted molar refractivity (Wildman–Crippen MR) is 116 cm³/mol. The van der Waals surface area contributed by atoms with E-state index in [0.717, 1.165) is 29.2 Å². The Morgan fingerprint density at radius 1 is 1.21 bits per heavy atom. The number of ether oxygens (including phenoxy) is 1. The summed E-state index contributed by atoms with van der Waals surface area (Å²) >= 11 is 6.68. The molecule has 0 saturated carbocycles. The number of nitrogens with zero attached hydrogens (tertiary/aromatic N) is 1. The predicted octanol–water partition coefficient (Wildman–Crippen LogP) is 4.69. The van der Waals surface area contributed by atoms with E-state index in [-0.39, 0.29) is 12.3 Å². The van der Waals surface area contributed by atoms with Crippen LogP contribution in [0.1, 0.15) is 31.2 Å². The summed E-state index contributed by atoms with van der Waals surface area (Å²) in [5.74, 6) is -0.196. The van der Waals surface area contributed by atoms with E-state index in [1.165, 1.54) is 11.8 Å². The van der Waals surface area contributed by atoms with E-state index in [1.807, 2.05) is 42.5 Å². The topological polar surface area (TPSA) is 66.8 Å². The molecule has 0 bridgehead atoms. The van der Waals surface area contributed by atoms with E-state index in [0.29, 0.717) is 27.9 Å². The molecule has 1 saturated heterocycles. The average molecular weight is 416 g/mol. The fourth-order valence-corrected chi connectivity index (χ4v) is 4.44. The summed E-state index contributed by atoms with van der Waals surface area (Å²) in [5.41, 5.74) is 0.863. The van der Waals surface area contributed by atoms with Crippen molar-refractivity contribution in [2.24, 2.45) is 0 Å². The van der Waals surface area contributed by atoms with Crippen LogP contribution in [0.15, 0.2) is 41.3 Å². The minimum atomic E-state index is -0.794. The molecule has 1 heterocycles. The van der Waals surface area contributed by atoms with Crippen LogP contribution in [-0.4, -0.2) is 39.9 Å². The highest BCUT2D eigenvalue weighted by molar-refractivity contribution is 8.26. The van der Waals surface area contributed by atoms with Crippen molar-refractivity contribution in [3.8, 4) is 5.75 Å². The number of aliphatic carboxylic acids is 1. The van der Waals surface area contributed by atoms with E-state index < -0.39 is 5.97 Å². The number of fused-ring (bicyclic) bond motifs is 1. The zero-order valence-electron chi connectivity index (χ0n) is 15.5. The Balaban J connectivity index is 1.79. The highest BCUT2D eigenvalue weighted by atomic mass is 32.2. The first kappa shape index (κ1) is 20.4. The normalized spacial score (nSPS) is 15.6. The number of methoxy groups -OCH3 is 1. The molecule has 1 amide bonds. The van der Waals surface area contributed by atoms with Crippen LogP contribution in [0, 0.1) is 0 Å². The van der Waals surface area contributed by atoms with E-state index in [4.69, 9.17) is 22.1 Å². The highest BCUT2D eigenvalue weighted by Crippen LogP contribution is 2.37. The van der Waals surface area contributed by atoms with Crippen LogP contribution in [0.3, 0.4) is 0 Å². The third-order valence-corrected chi connectivity index (χ3v) is 5.95. The van der Waals surface area contributed by atoms with E-state index in [9.17, 15) is 9.59 Å². The number of thiocarbonyl (C=S) groups is 1. The quantitative estimate of drug-likeness (QED) is 0.383. The van der Waals surface area contributed by atoms with Gasteiger partial charge in [-0.2, -0.15) is 0 Å². The van der Waals surface area contributed by atoms with Crippen molar-refractivity contribution in [1.29, 1.82) is 0 Å². The van der Waals surface area contributed by atoms with Crippen LogP contribution in [0.2, 0.25) is 0 Å². The molecule has 1 aliphatic rings. The molecule has 7 heteroatoms. The van der Waals surface area contributed by atoms with Crippen molar-refractivity contribution in [3.05, 3.63) is 46.9 Å². The summed E-state index contributed by atoms with van der Waals surface area (Å²) in [7, 11) is 1.61. The van der Waals surface area contributed by atoms with Gasteiger partial charge in [0.05, 0.1) is 12.0 Å². The van der Waals surface area contributed by atoms with Gasteiger partial charge in [0.15, 0.2) is 0 Å². The smallest absolute Gasteiger partial charge is 0.303 e. The zero-order chi connectivity index (χ0) is 20.1. The van der Waals surface area contributed by atoms with Gasteiger partial charge in [0, 0.05) is 18.5 Å². The summed E-state index contributed by atoms with van der Waals surface area (Å²) in [6.45, 7) is 0.508. The second kappa shape index (κ2) is 9.21. The van der Waals surface area contributed by atoms with Gasteiger partial charge in [-0.15, -0.1) is 0 Å². The van der Waals surface area contributed by atoms with Gasteiger partial charge in [0.25, 0.3) is 5.91 Å². The molecule has 1 N–H and O–H groups in total. The van der Waals surface area contributed by atoms with Gasteiger partial charge < -0.3 is 9.84 Å². The molecule has 1 aliphatic heterocycles. The molecule has 5 nitrogen and oxygen atoms in total. The molecular formula is C21H21NO4S2. The number of hydrogen-bond acceptors (Lipinski definition) is 5. The highest BCUT2D eigenvalue weighted by Gasteiger charge is 2.31. The number of carbonyl (C=O) groups is 2. The zero-order valence-corrected chi connectivity index (χ0v) is 17.1. The van der Waals surface area contributed by atoms with E-state index in [2.05, 4.69) is 0 Å². The van der Waals surface area contributed by atoms with E-state index >= 15 is 0 Å². The average Bonchev–Trinajstić information content (AvgIpc) is 2.95. The van der Waals surface area contributed by atoms with Crippen molar-refractivity contribution in [3.63, 3.8) is 0 Å². The van der Waals surface area contributed by atoms with Gasteiger partial charge in [-0.1, -0.05) is 60.7 Å². The van der Waals surface area contributed by atoms with Crippen LogP contribution >= 0.6 is 24.0 Å². The van der Waals surface area contributed by atoms with Gasteiger partial charge in [-0.3, -0.25) is 14.5 Å². The van der Waals surface area contributed by atoms with Crippen molar-refractivity contribution in [1.82, 2.24) is 4.90 Å². The maximum atomic E-state index is 12.8. The number of hydrogen-bond donors (Lipinski definition) is 1. The molecule has 1 fully saturated rings. The fraction of sp³-hybridized carbons (Fsp3) is 0.286. The minimum Gasteiger partial charge on any atom is -0.496 e. The second-order valence-electron chi connectivity index (χ2n) is 6.44. The number of carbonyl (C=O) groups excluding carboxylic acids is 1. The number of unbranched alkanes of at least 4 members (excludes halogenated alkanes) is 2. The Morgan fingerprint density at radius 2 is 2.00 bits per heavy atom. The second-order valence-corrected chi connectivity index (χ2v) is 8.12. The molecule has 146 valence electrons. The number of amides is 1. The number of thioether (sulfide) groups is 1. The summed E-state index contributed by atoms with van der Waals surface area (Å²) in [6.07, 6.45) is 4.08. The third kappa shape index (κ3) is 4.54. The van der Waals surface area contributed by atoms with Crippen LogP contribution < -0.4 is 4.74 Å². The van der Waals surface area contributed by atoms with Crippen molar-refractivity contribution < 1.29 is 19.4 Å². The maximum absolute atomic E-state index is 12.8. The Morgan fingerprint density at radius 3 is 2.75 bits per heavy atom. The van der Waals surface area contributed by atoms with Gasteiger partial charge in [0.2, 0.25) is 0 Å². The number of benzene rings is 2. The standard InChI is InChI=1S/C21H21NO4S2/c1-26-17-11-10-14-7-4-5-8-15(14)16(17)13-18-20(25)22(21(27)28-18)12-6-2-3-9-19(23)24/h4-5,7-8,10-11,13H,2-3,6,9,12H2,1H3,(H,23,24)/b18-13-.